The molecule has 1 aromatic carbocycles. The summed E-state index contributed by atoms with van der Waals surface area (Å²) in [6.07, 6.45) is 3.26. The van der Waals surface area contributed by atoms with Crippen LogP contribution < -0.4 is 0 Å². The van der Waals surface area contributed by atoms with Gasteiger partial charge in [0.1, 0.15) is 11.6 Å². The maximum atomic E-state index is 13.5. The van der Waals surface area contributed by atoms with Gasteiger partial charge in [-0.3, -0.25) is 9.78 Å². The standard InChI is InChI=1S/C14H12F2N2O/c1-18(9-10-3-2-6-17-8-10)14(19)12-5-4-11(15)7-13(12)16/h2-8H,9H2,1H3. The highest BCUT2D eigenvalue weighted by atomic mass is 19.1. The Morgan fingerprint density at radius 2 is 2.11 bits per heavy atom. The minimum Gasteiger partial charge on any atom is -0.337 e. The van der Waals surface area contributed by atoms with E-state index in [4.69, 9.17) is 0 Å². The number of rotatable bonds is 3. The third kappa shape index (κ3) is 3.13. The first-order valence-electron chi connectivity index (χ1n) is 5.67. The molecule has 2 aromatic rings. The van der Waals surface area contributed by atoms with Gasteiger partial charge in [-0.15, -0.1) is 0 Å². The molecule has 0 aliphatic carbocycles. The fraction of sp³-hybridized carbons (Fsp3) is 0.143. The van der Waals surface area contributed by atoms with E-state index in [0.29, 0.717) is 12.6 Å². The lowest BCUT2D eigenvalue weighted by molar-refractivity contribution is 0.0780. The average Bonchev–Trinajstić information content (AvgIpc) is 2.39. The second-order valence-corrected chi connectivity index (χ2v) is 4.15. The number of carbonyl (C=O) groups excluding carboxylic acids is 1. The van der Waals surface area contributed by atoms with E-state index >= 15 is 0 Å². The fourth-order valence-electron chi connectivity index (χ4n) is 1.71. The molecule has 1 heterocycles. The van der Waals surface area contributed by atoms with Crippen molar-refractivity contribution in [2.45, 2.75) is 6.54 Å². The van der Waals surface area contributed by atoms with Gasteiger partial charge in [-0.05, 0) is 23.8 Å². The smallest absolute Gasteiger partial charge is 0.256 e. The molecule has 5 heteroatoms. The number of hydrogen-bond acceptors (Lipinski definition) is 2. The molecule has 0 radical (unpaired) electrons. The highest BCUT2D eigenvalue weighted by Gasteiger charge is 2.16. The van der Waals surface area contributed by atoms with Crippen LogP contribution in [0.1, 0.15) is 15.9 Å². The Kier molecular flexibility index (Phi) is 3.85. The highest BCUT2D eigenvalue weighted by Crippen LogP contribution is 2.13. The van der Waals surface area contributed by atoms with E-state index in [0.717, 1.165) is 17.7 Å². The van der Waals surface area contributed by atoms with Crippen LogP contribution in [0.4, 0.5) is 8.78 Å². The molecule has 3 nitrogen and oxygen atoms in total. The van der Waals surface area contributed by atoms with E-state index in [1.807, 2.05) is 6.07 Å². The predicted molar refractivity (Wildman–Crippen MR) is 66.4 cm³/mol. The SMILES string of the molecule is CN(Cc1cccnc1)C(=O)c1ccc(F)cc1F. The van der Waals surface area contributed by atoms with Gasteiger partial charge in [0, 0.05) is 32.1 Å². The second kappa shape index (κ2) is 5.56. The number of amides is 1. The first kappa shape index (κ1) is 13.1. The second-order valence-electron chi connectivity index (χ2n) is 4.15. The molecule has 0 saturated carbocycles. The number of benzene rings is 1. The summed E-state index contributed by atoms with van der Waals surface area (Å²) in [5.74, 6) is -2.06. The lowest BCUT2D eigenvalue weighted by Crippen LogP contribution is -2.27. The molecular formula is C14H12F2N2O. The number of halogens is 2. The lowest BCUT2D eigenvalue weighted by Gasteiger charge is -2.17. The van der Waals surface area contributed by atoms with Gasteiger partial charge in [0.2, 0.25) is 0 Å². The average molecular weight is 262 g/mol. The molecule has 1 amide bonds. The summed E-state index contributed by atoms with van der Waals surface area (Å²) in [6.45, 7) is 0.309. The molecule has 19 heavy (non-hydrogen) atoms. The summed E-state index contributed by atoms with van der Waals surface area (Å²) in [7, 11) is 1.55. The van der Waals surface area contributed by atoms with Gasteiger partial charge >= 0.3 is 0 Å². The van der Waals surface area contributed by atoms with Crippen molar-refractivity contribution >= 4 is 5.91 Å². The quantitative estimate of drug-likeness (QED) is 0.852. The predicted octanol–water partition coefficient (Wildman–Crippen LogP) is 2.63. The van der Waals surface area contributed by atoms with Crippen LogP contribution in [0, 0.1) is 11.6 Å². The van der Waals surface area contributed by atoms with Crippen LogP contribution in [0.25, 0.3) is 0 Å². The summed E-state index contributed by atoms with van der Waals surface area (Å²) in [5.41, 5.74) is 0.689. The van der Waals surface area contributed by atoms with Crippen LogP contribution in [-0.4, -0.2) is 22.8 Å². The summed E-state index contributed by atoms with van der Waals surface area (Å²) < 4.78 is 26.3. The van der Waals surface area contributed by atoms with Crippen LogP contribution in [0.3, 0.4) is 0 Å². The van der Waals surface area contributed by atoms with E-state index in [9.17, 15) is 13.6 Å². The zero-order valence-corrected chi connectivity index (χ0v) is 10.3. The highest BCUT2D eigenvalue weighted by molar-refractivity contribution is 5.94. The Bertz CT molecular complexity index is 587. The Morgan fingerprint density at radius 3 is 2.74 bits per heavy atom. The van der Waals surface area contributed by atoms with Crippen LogP contribution in [0.2, 0.25) is 0 Å². The van der Waals surface area contributed by atoms with E-state index in [2.05, 4.69) is 4.98 Å². The number of pyridine rings is 1. The third-order valence-corrected chi connectivity index (χ3v) is 2.65. The summed E-state index contributed by atoms with van der Waals surface area (Å²) in [4.78, 5) is 17.3. The Balaban J connectivity index is 2.15. The molecule has 0 saturated heterocycles. The van der Waals surface area contributed by atoms with Crippen molar-refractivity contribution in [3.8, 4) is 0 Å². The first-order chi connectivity index (χ1) is 9.08. The van der Waals surface area contributed by atoms with Gasteiger partial charge in [-0.25, -0.2) is 8.78 Å². The third-order valence-electron chi connectivity index (χ3n) is 2.65. The number of aromatic nitrogens is 1. The number of nitrogens with zero attached hydrogens (tertiary/aromatic N) is 2. The molecule has 0 bridgehead atoms. The van der Waals surface area contributed by atoms with Gasteiger partial charge < -0.3 is 4.90 Å². The van der Waals surface area contributed by atoms with Crippen molar-refractivity contribution in [2.24, 2.45) is 0 Å². The van der Waals surface area contributed by atoms with E-state index < -0.39 is 17.5 Å². The fourth-order valence-corrected chi connectivity index (χ4v) is 1.71. The summed E-state index contributed by atoms with van der Waals surface area (Å²) >= 11 is 0. The Hall–Kier alpha value is -2.30. The zero-order chi connectivity index (χ0) is 13.8. The molecule has 0 unspecified atom stereocenters. The van der Waals surface area contributed by atoms with Crippen molar-refractivity contribution in [1.29, 1.82) is 0 Å². The van der Waals surface area contributed by atoms with Gasteiger partial charge in [-0.1, -0.05) is 6.07 Å². The Morgan fingerprint density at radius 1 is 1.32 bits per heavy atom. The molecule has 0 atom stereocenters. The maximum absolute atomic E-state index is 13.5. The zero-order valence-electron chi connectivity index (χ0n) is 10.3. The van der Waals surface area contributed by atoms with Crippen LogP contribution in [0.15, 0.2) is 42.7 Å². The summed E-state index contributed by atoms with van der Waals surface area (Å²) in [6, 6.07) is 6.48. The van der Waals surface area contributed by atoms with Crippen LogP contribution in [-0.2, 0) is 6.54 Å². The monoisotopic (exact) mass is 262 g/mol. The maximum Gasteiger partial charge on any atom is 0.256 e. The molecular weight excluding hydrogens is 250 g/mol. The molecule has 0 aliphatic rings. The molecule has 0 aliphatic heterocycles. The summed E-state index contributed by atoms with van der Waals surface area (Å²) in [5, 5.41) is 0. The van der Waals surface area contributed by atoms with E-state index in [1.165, 1.54) is 4.90 Å². The van der Waals surface area contributed by atoms with E-state index in [-0.39, 0.29) is 5.56 Å². The number of hydrogen-bond donors (Lipinski definition) is 0. The van der Waals surface area contributed by atoms with Crippen LogP contribution >= 0.6 is 0 Å². The van der Waals surface area contributed by atoms with Crippen molar-refractivity contribution in [1.82, 2.24) is 9.88 Å². The normalized spacial score (nSPS) is 10.3. The largest absolute Gasteiger partial charge is 0.337 e. The van der Waals surface area contributed by atoms with Gasteiger partial charge in [0.25, 0.3) is 5.91 Å². The molecule has 1 aromatic heterocycles. The molecule has 2 rings (SSSR count). The van der Waals surface area contributed by atoms with Crippen LogP contribution in [0.5, 0.6) is 0 Å². The number of carbonyl (C=O) groups is 1. The molecule has 0 N–H and O–H groups in total. The molecule has 0 fully saturated rings. The van der Waals surface area contributed by atoms with E-state index in [1.54, 1.807) is 25.5 Å². The van der Waals surface area contributed by atoms with Crippen molar-refractivity contribution < 1.29 is 13.6 Å². The van der Waals surface area contributed by atoms with Gasteiger partial charge in [-0.2, -0.15) is 0 Å². The van der Waals surface area contributed by atoms with Crippen molar-refractivity contribution in [2.75, 3.05) is 7.05 Å². The van der Waals surface area contributed by atoms with Gasteiger partial charge in [0.15, 0.2) is 0 Å². The minimum absolute atomic E-state index is 0.146. The lowest BCUT2D eigenvalue weighted by atomic mass is 10.1. The Labute approximate surface area is 109 Å². The van der Waals surface area contributed by atoms with Crippen molar-refractivity contribution in [3.63, 3.8) is 0 Å². The molecule has 0 spiro atoms. The minimum atomic E-state index is -0.858. The molecule has 98 valence electrons. The van der Waals surface area contributed by atoms with Gasteiger partial charge in [0.05, 0.1) is 5.56 Å². The topological polar surface area (TPSA) is 33.2 Å². The van der Waals surface area contributed by atoms with Crippen molar-refractivity contribution in [3.05, 3.63) is 65.5 Å². The first-order valence-corrected chi connectivity index (χ1v) is 5.67.